The highest BCUT2D eigenvalue weighted by atomic mass is 35.5. The Morgan fingerprint density at radius 3 is 2.54 bits per heavy atom. The van der Waals surface area contributed by atoms with Gasteiger partial charge in [-0.1, -0.05) is 29.3 Å². The number of anilines is 1. The smallest absolute Gasteiger partial charge is 0.255 e. The zero-order chi connectivity index (χ0) is 20.4. The minimum Gasteiger partial charge on any atom is -0.383 e. The lowest BCUT2D eigenvalue weighted by Crippen LogP contribution is -2.28. The predicted molar refractivity (Wildman–Crippen MR) is 109 cm³/mol. The highest BCUT2D eigenvalue weighted by Gasteiger charge is 2.21. The SMILES string of the molecule is Cc1ccc(-c2cnc(N)c(C(=O)NC(C)c3c(Cl)ccc(F)c3Cl)c2)cn1. The Labute approximate surface area is 171 Å². The number of carbonyl (C=O) groups is 1. The van der Waals surface area contributed by atoms with E-state index < -0.39 is 17.8 Å². The Bertz CT molecular complexity index is 1040. The first-order chi connectivity index (χ1) is 13.3. The molecule has 1 atom stereocenters. The van der Waals surface area contributed by atoms with Crippen molar-refractivity contribution in [2.45, 2.75) is 19.9 Å². The standard InChI is InChI=1S/C20H17Cl2FN4O/c1-10-3-4-12(8-25-10)13-7-14(19(24)26-9-13)20(28)27-11(2)17-15(21)5-6-16(23)18(17)22/h3-9,11H,1-2H3,(H2,24,26)(H,27,28). The fraction of sp³-hybridized carbons (Fsp3) is 0.150. The van der Waals surface area contributed by atoms with Gasteiger partial charge in [0.1, 0.15) is 11.6 Å². The summed E-state index contributed by atoms with van der Waals surface area (Å²) in [6, 6.07) is 7.29. The van der Waals surface area contributed by atoms with E-state index in [2.05, 4.69) is 15.3 Å². The lowest BCUT2D eigenvalue weighted by atomic mass is 10.0. The largest absolute Gasteiger partial charge is 0.383 e. The molecule has 2 aromatic heterocycles. The third kappa shape index (κ3) is 4.08. The van der Waals surface area contributed by atoms with Crippen molar-refractivity contribution in [2.24, 2.45) is 0 Å². The summed E-state index contributed by atoms with van der Waals surface area (Å²) in [4.78, 5) is 21.1. The summed E-state index contributed by atoms with van der Waals surface area (Å²) in [7, 11) is 0. The minimum absolute atomic E-state index is 0.0740. The van der Waals surface area contributed by atoms with Crippen LogP contribution in [-0.2, 0) is 0 Å². The molecule has 2 heterocycles. The summed E-state index contributed by atoms with van der Waals surface area (Å²) in [5.74, 6) is -1.02. The van der Waals surface area contributed by atoms with Crippen molar-refractivity contribution in [1.29, 1.82) is 0 Å². The van der Waals surface area contributed by atoms with Crippen LogP contribution < -0.4 is 11.1 Å². The van der Waals surface area contributed by atoms with Crippen molar-refractivity contribution in [1.82, 2.24) is 15.3 Å². The molecule has 5 nitrogen and oxygen atoms in total. The number of nitrogens with one attached hydrogen (secondary N) is 1. The average molecular weight is 419 g/mol. The van der Waals surface area contributed by atoms with Gasteiger partial charge in [-0.2, -0.15) is 0 Å². The molecule has 28 heavy (non-hydrogen) atoms. The molecule has 144 valence electrons. The lowest BCUT2D eigenvalue weighted by Gasteiger charge is -2.18. The van der Waals surface area contributed by atoms with Crippen LogP contribution in [0.5, 0.6) is 0 Å². The monoisotopic (exact) mass is 418 g/mol. The normalized spacial score (nSPS) is 11.9. The van der Waals surface area contributed by atoms with Gasteiger partial charge in [-0.05, 0) is 38.1 Å². The molecule has 0 saturated carbocycles. The Hall–Kier alpha value is -2.70. The Morgan fingerprint density at radius 2 is 1.86 bits per heavy atom. The van der Waals surface area contributed by atoms with Gasteiger partial charge in [0.05, 0.1) is 16.6 Å². The molecule has 0 aliphatic heterocycles. The maximum atomic E-state index is 13.8. The average Bonchev–Trinajstić information content (AvgIpc) is 2.66. The highest BCUT2D eigenvalue weighted by Crippen LogP contribution is 2.32. The first-order valence-electron chi connectivity index (χ1n) is 8.40. The molecule has 0 radical (unpaired) electrons. The van der Waals surface area contributed by atoms with Gasteiger partial charge < -0.3 is 11.1 Å². The van der Waals surface area contributed by atoms with E-state index in [9.17, 15) is 9.18 Å². The zero-order valence-electron chi connectivity index (χ0n) is 15.1. The van der Waals surface area contributed by atoms with E-state index in [1.165, 1.54) is 12.1 Å². The number of aromatic nitrogens is 2. The number of benzene rings is 1. The van der Waals surface area contributed by atoms with Crippen molar-refractivity contribution in [2.75, 3.05) is 5.73 Å². The topological polar surface area (TPSA) is 80.9 Å². The van der Waals surface area contributed by atoms with Crippen molar-refractivity contribution in [3.8, 4) is 11.1 Å². The van der Waals surface area contributed by atoms with E-state index in [0.29, 0.717) is 11.1 Å². The molecule has 1 unspecified atom stereocenters. The quantitative estimate of drug-likeness (QED) is 0.585. The third-order valence-electron chi connectivity index (χ3n) is 4.27. The zero-order valence-corrected chi connectivity index (χ0v) is 16.6. The summed E-state index contributed by atoms with van der Waals surface area (Å²) in [6.07, 6.45) is 3.27. The second-order valence-corrected chi connectivity index (χ2v) is 7.08. The van der Waals surface area contributed by atoms with Crippen LogP contribution in [0, 0.1) is 12.7 Å². The van der Waals surface area contributed by atoms with Crippen molar-refractivity contribution in [3.05, 3.63) is 75.4 Å². The molecule has 0 fully saturated rings. The summed E-state index contributed by atoms with van der Waals surface area (Å²) >= 11 is 12.1. The van der Waals surface area contributed by atoms with E-state index >= 15 is 0 Å². The van der Waals surface area contributed by atoms with Crippen LogP contribution in [0.4, 0.5) is 10.2 Å². The van der Waals surface area contributed by atoms with Gasteiger partial charge in [-0.25, -0.2) is 9.37 Å². The van der Waals surface area contributed by atoms with Crippen LogP contribution in [0.15, 0.2) is 42.7 Å². The molecule has 8 heteroatoms. The van der Waals surface area contributed by atoms with E-state index in [1.54, 1.807) is 25.4 Å². The molecule has 0 spiro atoms. The number of hydrogen-bond acceptors (Lipinski definition) is 4. The molecular weight excluding hydrogens is 402 g/mol. The van der Waals surface area contributed by atoms with E-state index in [4.69, 9.17) is 28.9 Å². The van der Waals surface area contributed by atoms with Crippen molar-refractivity contribution in [3.63, 3.8) is 0 Å². The lowest BCUT2D eigenvalue weighted by molar-refractivity contribution is 0.0940. The molecule has 0 bridgehead atoms. The molecule has 0 aliphatic carbocycles. The Morgan fingerprint density at radius 1 is 1.14 bits per heavy atom. The van der Waals surface area contributed by atoms with Crippen molar-refractivity contribution >= 4 is 34.9 Å². The Balaban J connectivity index is 1.89. The van der Waals surface area contributed by atoms with Crippen LogP contribution in [0.1, 0.15) is 34.6 Å². The van der Waals surface area contributed by atoms with Crippen LogP contribution >= 0.6 is 23.2 Å². The molecule has 3 aromatic rings. The summed E-state index contributed by atoms with van der Waals surface area (Å²) in [6.45, 7) is 3.54. The number of nitrogens with two attached hydrogens (primary N) is 1. The second-order valence-electron chi connectivity index (χ2n) is 6.30. The van der Waals surface area contributed by atoms with E-state index in [-0.39, 0.29) is 21.4 Å². The van der Waals surface area contributed by atoms with E-state index in [1.807, 2.05) is 19.1 Å². The Kier molecular flexibility index (Phi) is 5.82. The van der Waals surface area contributed by atoms with Crippen LogP contribution in [0.2, 0.25) is 10.0 Å². The first kappa shape index (κ1) is 20.0. The van der Waals surface area contributed by atoms with Gasteiger partial charge in [-0.15, -0.1) is 0 Å². The fourth-order valence-corrected chi connectivity index (χ4v) is 3.44. The number of nitrogens with zero attached hydrogens (tertiary/aromatic N) is 2. The minimum atomic E-state index is -0.646. The second kappa shape index (κ2) is 8.12. The highest BCUT2D eigenvalue weighted by molar-refractivity contribution is 6.36. The molecular formula is C20H17Cl2FN4O. The number of pyridine rings is 2. The van der Waals surface area contributed by atoms with Crippen molar-refractivity contribution < 1.29 is 9.18 Å². The van der Waals surface area contributed by atoms with Crippen LogP contribution in [-0.4, -0.2) is 15.9 Å². The molecule has 1 aromatic carbocycles. The number of amides is 1. The van der Waals surface area contributed by atoms with Crippen LogP contribution in [0.3, 0.4) is 0 Å². The molecule has 1 amide bonds. The van der Waals surface area contributed by atoms with Crippen LogP contribution in [0.25, 0.3) is 11.1 Å². The first-order valence-corrected chi connectivity index (χ1v) is 9.16. The van der Waals surface area contributed by atoms with E-state index in [0.717, 1.165) is 11.3 Å². The summed E-state index contributed by atoms with van der Waals surface area (Å²) < 4.78 is 13.8. The van der Waals surface area contributed by atoms with Gasteiger partial charge in [-0.3, -0.25) is 9.78 Å². The van der Waals surface area contributed by atoms with Gasteiger partial charge in [0.25, 0.3) is 5.91 Å². The molecule has 0 saturated heterocycles. The third-order valence-corrected chi connectivity index (χ3v) is 4.98. The molecule has 3 rings (SSSR count). The summed E-state index contributed by atoms with van der Waals surface area (Å²) in [5.41, 5.74) is 8.75. The number of rotatable bonds is 4. The summed E-state index contributed by atoms with van der Waals surface area (Å²) in [5, 5.41) is 2.86. The number of nitrogen functional groups attached to an aromatic ring is 1. The van der Waals surface area contributed by atoms with Gasteiger partial charge >= 0.3 is 0 Å². The maximum absolute atomic E-state index is 13.8. The van der Waals surface area contributed by atoms with Gasteiger partial charge in [0.15, 0.2) is 0 Å². The predicted octanol–water partition coefficient (Wildman–Crippen LogP) is 4.97. The maximum Gasteiger partial charge on any atom is 0.255 e. The number of hydrogen-bond donors (Lipinski definition) is 2. The van der Waals surface area contributed by atoms with Gasteiger partial charge in [0.2, 0.25) is 0 Å². The molecule has 0 aliphatic rings. The number of aryl methyl sites for hydroxylation is 1. The number of halogens is 3. The number of carbonyl (C=O) groups excluding carboxylic acids is 1. The van der Waals surface area contributed by atoms with Gasteiger partial charge in [0, 0.05) is 39.8 Å². The molecule has 3 N–H and O–H groups in total. The fourth-order valence-electron chi connectivity index (χ4n) is 2.74.